The number of benzene rings is 2. The molecule has 0 aliphatic heterocycles. The second-order valence-electron chi connectivity index (χ2n) is 10.5. The van der Waals surface area contributed by atoms with Gasteiger partial charge >= 0.3 is 0 Å². The van der Waals surface area contributed by atoms with Gasteiger partial charge in [-0.05, 0) is 69.0 Å². The molecular weight excluding hydrogens is 544 g/mol. The third-order valence-corrected chi connectivity index (χ3v) is 9.78. The van der Waals surface area contributed by atoms with E-state index in [2.05, 4.69) is 0 Å². The summed E-state index contributed by atoms with van der Waals surface area (Å²) in [5, 5.41) is 26.1. The smallest absolute Gasteiger partial charge is 0.193 e. The Morgan fingerprint density at radius 2 is 1.71 bits per heavy atom. The molecule has 10 heteroatoms. The van der Waals surface area contributed by atoms with Gasteiger partial charge in [0, 0.05) is 11.8 Å². The molecule has 4 aromatic rings. The van der Waals surface area contributed by atoms with Crippen LogP contribution in [0.4, 0.5) is 0 Å². The van der Waals surface area contributed by atoms with E-state index < -0.39 is 21.0 Å². The minimum atomic E-state index is -3.72. The van der Waals surface area contributed by atoms with Crippen LogP contribution < -0.4 is 0 Å². The van der Waals surface area contributed by atoms with E-state index in [9.17, 15) is 23.4 Å². The largest absolute Gasteiger partial charge is 0.386 e. The van der Waals surface area contributed by atoms with Crippen LogP contribution in [0.1, 0.15) is 56.5 Å². The highest BCUT2D eigenvalue weighted by Gasteiger charge is 2.28. The monoisotopic (exact) mass is 574 g/mol. The quantitative estimate of drug-likeness (QED) is 0.267. The maximum atomic E-state index is 13.2. The van der Waals surface area contributed by atoms with E-state index in [0.717, 1.165) is 22.5 Å². The highest BCUT2D eigenvalue weighted by Crippen LogP contribution is 2.34. The fraction of sp³-hybridized carbons (Fsp3) is 0.357. The Kier molecular flexibility index (Phi) is 7.89. The number of carbonyl (C=O) groups excluding carboxylic acids is 1. The Balaban J connectivity index is 1.72. The third kappa shape index (κ3) is 6.35. The molecule has 0 aliphatic carbocycles. The number of ketones is 1. The summed E-state index contributed by atoms with van der Waals surface area (Å²) in [6, 6.07) is 16.3. The molecule has 0 bridgehead atoms. The van der Waals surface area contributed by atoms with Crippen LogP contribution in [0.15, 0.2) is 58.8 Å². The van der Waals surface area contributed by atoms with Crippen molar-refractivity contribution in [1.82, 2.24) is 9.78 Å². The fourth-order valence-electron chi connectivity index (χ4n) is 4.38. The zero-order chi connectivity index (χ0) is 27.9. The van der Waals surface area contributed by atoms with Crippen molar-refractivity contribution in [2.45, 2.75) is 68.2 Å². The first-order valence-electron chi connectivity index (χ1n) is 12.2. The SMILES string of the molecule is CC(C)(O)C(=O)CCc1cccc(Cn2nc(CS(=O)(=O)c3ccc(Cl)s3)c3c(C(C)(C)O)cccc32)c1. The lowest BCUT2D eigenvalue weighted by molar-refractivity contribution is -0.134. The van der Waals surface area contributed by atoms with Crippen molar-refractivity contribution in [2.24, 2.45) is 0 Å². The number of aryl methyl sites for hydroxylation is 1. The summed E-state index contributed by atoms with van der Waals surface area (Å²) in [5.74, 6) is -0.558. The van der Waals surface area contributed by atoms with Crippen LogP contribution in [-0.4, -0.2) is 39.8 Å². The van der Waals surface area contributed by atoms with Crippen LogP contribution in [0, 0.1) is 0 Å². The lowest BCUT2D eigenvalue weighted by atomic mass is 9.94. The normalized spacial score (nSPS) is 12.8. The molecule has 0 spiro atoms. The van der Waals surface area contributed by atoms with Gasteiger partial charge in [0.1, 0.15) is 15.6 Å². The van der Waals surface area contributed by atoms with Crippen LogP contribution in [0.3, 0.4) is 0 Å². The number of carbonyl (C=O) groups is 1. The maximum absolute atomic E-state index is 13.2. The van der Waals surface area contributed by atoms with Crippen LogP contribution in [0.2, 0.25) is 4.34 Å². The van der Waals surface area contributed by atoms with Crippen LogP contribution in [0.5, 0.6) is 0 Å². The van der Waals surface area contributed by atoms with Crippen molar-refractivity contribution in [1.29, 1.82) is 0 Å². The van der Waals surface area contributed by atoms with Gasteiger partial charge in [-0.25, -0.2) is 8.42 Å². The summed E-state index contributed by atoms with van der Waals surface area (Å²) in [6.07, 6.45) is 0.716. The Bertz CT molecular complexity index is 1590. The maximum Gasteiger partial charge on any atom is 0.193 e. The number of aromatic nitrogens is 2. The Labute approximate surface area is 231 Å². The molecule has 0 amide bonds. The third-order valence-electron chi connectivity index (χ3n) is 6.34. The van der Waals surface area contributed by atoms with Gasteiger partial charge in [-0.2, -0.15) is 5.10 Å². The molecule has 7 nitrogen and oxygen atoms in total. The van der Waals surface area contributed by atoms with Crippen molar-refractivity contribution >= 4 is 49.5 Å². The highest BCUT2D eigenvalue weighted by molar-refractivity contribution is 7.92. The van der Waals surface area contributed by atoms with E-state index in [1.807, 2.05) is 36.4 Å². The van der Waals surface area contributed by atoms with Crippen molar-refractivity contribution in [3.63, 3.8) is 0 Å². The van der Waals surface area contributed by atoms with Crippen molar-refractivity contribution in [2.75, 3.05) is 0 Å². The number of halogens is 1. The summed E-state index contributed by atoms with van der Waals surface area (Å²) >= 11 is 6.99. The summed E-state index contributed by atoms with van der Waals surface area (Å²) < 4.78 is 28.8. The summed E-state index contributed by atoms with van der Waals surface area (Å²) in [7, 11) is -3.72. The number of nitrogens with zero attached hydrogens (tertiary/aromatic N) is 2. The van der Waals surface area contributed by atoms with Gasteiger partial charge < -0.3 is 10.2 Å². The van der Waals surface area contributed by atoms with E-state index in [-0.39, 0.29) is 22.2 Å². The molecule has 2 heterocycles. The van der Waals surface area contributed by atoms with Gasteiger partial charge in [0.05, 0.1) is 27.7 Å². The number of thiophene rings is 1. The summed E-state index contributed by atoms with van der Waals surface area (Å²) in [5.41, 5.74) is 0.951. The first kappa shape index (κ1) is 28.4. The Hall–Kier alpha value is -2.56. The number of hydrogen-bond donors (Lipinski definition) is 2. The topological polar surface area (TPSA) is 109 Å². The van der Waals surface area contributed by atoms with E-state index in [4.69, 9.17) is 16.7 Å². The number of fused-ring (bicyclic) bond motifs is 1. The molecule has 2 aromatic carbocycles. The lowest BCUT2D eigenvalue weighted by Crippen LogP contribution is -2.31. The number of sulfone groups is 1. The van der Waals surface area contributed by atoms with Crippen molar-refractivity contribution in [3.05, 3.63) is 81.3 Å². The number of Topliss-reactive ketones (excluding diaryl/α,β-unsaturated/α-hetero) is 1. The molecule has 0 saturated carbocycles. The first-order valence-corrected chi connectivity index (χ1v) is 15.0. The minimum absolute atomic E-state index is 0.166. The number of aliphatic hydroxyl groups is 2. The predicted molar refractivity (Wildman–Crippen MR) is 150 cm³/mol. The predicted octanol–water partition coefficient (Wildman–Crippen LogP) is 5.27. The molecule has 0 aliphatic rings. The van der Waals surface area contributed by atoms with Gasteiger partial charge in [0.25, 0.3) is 0 Å². The molecule has 2 aromatic heterocycles. The van der Waals surface area contributed by atoms with Crippen molar-refractivity contribution in [3.8, 4) is 0 Å². The van der Waals surface area contributed by atoms with E-state index in [0.29, 0.717) is 39.5 Å². The minimum Gasteiger partial charge on any atom is -0.386 e. The molecule has 0 unspecified atom stereocenters. The Morgan fingerprint density at radius 1 is 1.03 bits per heavy atom. The molecule has 0 radical (unpaired) electrons. The van der Waals surface area contributed by atoms with Crippen LogP contribution in [0.25, 0.3) is 10.9 Å². The summed E-state index contributed by atoms with van der Waals surface area (Å²) in [4.78, 5) is 12.2. The second kappa shape index (κ2) is 10.5. The van der Waals surface area contributed by atoms with E-state index in [1.165, 1.54) is 19.9 Å². The molecular formula is C28H31ClN2O5S2. The molecule has 0 saturated heterocycles. The molecule has 38 heavy (non-hydrogen) atoms. The Morgan fingerprint density at radius 3 is 2.34 bits per heavy atom. The average molecular weight is 575 g/mol. The van der Waals surface area contributed by atoms with Gasteiger partial charge in [-0.15, -0.1) is 11.3 Å². The van der Waals surface area contributed by atoms with Crippen LogP contribution in [-0.2, 0) is 39.0 Å². The molecule has 202 valence electrons. The highest BCUT2D eigenvalue weighted by atomic mass is 35.5. The molecule has 0 fully saturated rings. The van der Waals surface area contributed by atoms with E-state index in [1.54, 1.807) is 30.7 Å². The molecule has 2 N–H and O–H groups in total. The van der Waals surface area contributed by atoms with E-state index >= 15 is 0 Å². The fourth-order valence-corrected chi connectivity index (χ4v) is 7.22. The molecule has 0 atom stereocenters. The zero-order valence-corrected chi connectivity index (χ0v) is 24.1. The number of rotatable bonds is 10. The number of hydrogen-bond acceptors (Lipinski definition) is 7. The van der Waals surface area contributed by atoms with Crippen LogP contribution >= 0.6 is 22.9 Å². The second-order valence-corrected chi connectivity index (χ2v) is 14.4. The van der Waals surface area contributed by atoms with Gasteiger partial charge in [-0.1, -0.05) is 48.0 Å². The first-order chi connectivity index (χ1) is 17.6. The van der Waals surface area contributed by atoms with Crippen molar-refractivity contribution < 1.29 is 23.4 Å². The van der Waals surface area contributed by atoms with Gasteiger partial charge in [0.15, 0.2) is 15.6 Å². The lowest BCUT2D eigenvalue weighted by Gasteiger charge is -2.19. The van der Waals surface area contributed by atoms with Gasteiger partial charge in [-0.3, -0.25) is 9.48 Å². The standard InChI is InChI=1S/C28H31ClN2O5S2/c1-27(2,33)20-9-6-10-22-26(20)21(17-38(35,36)25-14-13-24(29)37-25)30-31(22)16-19-8-5-7-18(15-19)11-12-23(32)28(3,4)34/h5-10,13-15,33-34H,11-12,16-17H2,1-4H3. The molecule has 4 rings (SSSR count). The van der Waals surface area contributed by atoms with Gasteiger partial charge in [0.2, 0.25) is 0 Å². The zero-order valence-electron chi connectivity index (χ0n) is 21.7. The average Bonchev–Trinajstić information content (AvgIpc) is 3.40. The summed E-state index contributed by atoms with van der Waals surface area (Å²) in [6.45, 7) is 6.66.